The van der Waals surface area contributed by atoms with Crippen molar-refractivity contribution in [2.45, 2.75) is 31.4 Å². The van der Waals surface area contributed by atoms with E-state index in [1.54, 1.807) is 6.07 Å². The van der Waals surface area contributed by atoms with E-state index in [1.807, 2.05) is 0 Å². The largest absolute Gasteiger partial charge is 0.474 e. The van der Waals surface area contributed by atoms with Crippen molar-refractivity contribution in [3.05, 3.63) is 22.9 Å². The third-order valence-corrected chi connectivity index (χ3v) is 3.00. The fraction of sp³-hybridized carbons (Fsp3) is 0.500. The maximum absolute atomic E-state index is 11.2. The van der Waals surface area contributed by atoms with Gasteiger partial charge in [-0.25, -0.2) is 19.3 Å². The molecule has 1 saturated carbocycles. The van der Waals surface area contributed by atoms with Crippen LogP contribution in [0.5, 0.6) is 5.88 Å². The molecule has 2 atom stereocenters. The van der Waals surface area contributed by atoms with Crippen LogP contribution in [0.2, 0.25) is 0 Å². The van der Waals surface area contributed by atoms with Crippen LogP contribution in [0.25, 0.3) is 5.65 Å². The molecule has 3 N–H and O–H groups in total. The van der Waals surface area contributed by atoms with Gasteiger partial charge in [0.05, 0.1) is 0 Å². The fourth-order valence-corrected chi connectivity index (χ4v) is 2.11. The number of H-pyrrole nitrogens is 1. The zero-order valence-electron chi connectivity index (χ0n) is 9.17. The molecule has 1 aliphatic carbocycles. The van der Waals surface area contributed by atoms with E-state index in [-0.39, 0.29) is 17.8 Å². The number of hydrogen-bond donors (Lipinski definition) is 2. The molecular formula is C10H13N5O2. The van der Waals surface area contributed by atoms with E-state index in [0.29, 0.717) is 11.5 Å². The molecular weight excluding hydrogens is 222 g/mol. The summed E-state index contributed by atoms with van der Waals surface area (Å²) < 4.78 is 7.03. The average Bonchev–Trinajstić information content (AvgIpc) is 2.87. The van der Waals surface area contributed by atoms with Crippen molar-refractivity contribution in [1.82, 2.24) is 19.6 Å². The SMILES string of the molecule is NC1CCC(Oc2cc3n[nH]c(=O)n3cn2)C1. The lowest BCUT2D eigenvalue weighted by Gasteiger charge is -2.11. The van der Waals surface area contributed by atoms with E-state index in [4.69, 9.17) is 10.5 Å². The molecule has 1 fully saturated rings. The molecule has 7 nitrogen and oxygen atoms in total. The second kappa shape index (κ2) is 3.85. The quantitative estimate of drug-likeness (QED) is 0.743. The Hall–Kier alpha value is -1.89. The first-order chi connectivity index (χ1) is 8.22. The molecule has 2 unspecified atom stereocenters. The van der Waals surface area contributed by atoms with Crippen molar-refractivity contribution in [3.8, 4) is 5.88 Å². The summed E-state index contributed by atoms with van der Waals surface area (Å²) in [5.41, 5.74) is 6.01. The van der Waals surface area contributed by atoms with Crippen LogP contribution in [-0.2, 0) is 0 Å². The summed E-state index contributed by atoms with van der Waals surface area (Å²) in [5, 5.41) is 6.20. The Bertz CT molecular complexity index is 590. The molecule has 0 aromatic carbocycles. The van der Waals surface area contributed by atoms with E-state index in [0.717, 1.165) is 19.3 Å². The Morgan fingerprint density at radius 1 is 1.53 bits per heavy atom. The minimum atomic E-state index is -0.304. The van der Waals surface area contributed by atoms with Crippen LogP contribution in [0.4, 0.5) is 0 Å². The average molecular weight is 235 g/mol. The highest BCUT2D eigenvalue weighted by molar-refractivity contribution is 5.39. The summed E-state index contributed by atoms with van der Waals surface area (Å²) in [6, 6.07) is 1.86. The second-order valence-corrected chi connectivity index (χ2v) is 4.30. The summed E-state index contributed by atoms with van der Waals surface area (Å²) in [5.74, 6) is 0.482. The van der Waals surface area contributed by atoms with Gasteiger partial charge in [-0.1, -0.05) is 0 Å². The minimum Gasteiger partial charge on any atom is -0.474 e. The van der Waals surface area contributed by atoms with Crippen molar-refractivity contribution < 1.29 is 4.74 Å². The van der Waals surface area contributed by atoms with Crippen LogP contribution in [0.1, 0.15) is 19.3 Å². The van der Waals surface area contributed by atoms with Crippen LogP contribution in [-0.4, -0.2) is 31.7 Å². The summed E-state index contributed by atoms with van der Waals surface area (Å²) in [7, 11) is 0. The maximum atomic E-state index is 11.2. The highest BCUT2D eigenvalue weighted by Gasteiger charge is 2.23. The van der Waals surface area contributed by atoms with Gasteiger partial charge in [-0.2, -0.15) is 5.10 Å². The summed E-state index contributed by atoms with van der Waals surface area (Å²) >= 11 is 0. The van der Waals surface area contributed by atoms with E-state index >= 15 is 0 Å². The third-order valence-electron chi connectivity index (χ3n) is 3.00. The molecule has 0 bridgehead atoms. The first kappa shape index (κ1) is 10.3. The van der Waals surface area contributed by atoms with Gasteiger partial charge in [0.2, 0.25) is 5.88 Å². The van der Waals surface area contributed by atoms with Crippen LogP contribution in [0.3, 0.4) is 0 Å². The Labute approximate surface area is 96.6 Å². The van der Waals surface area contributed by atoms with Gasteiger partial charge in [0.1, 0.15) is 12.4 Å². The lowest BCUT2D eigenvalue weighted by atomic mass is 10.3. The van der Waals surface area contributed by atoms with Crippen molar-refractivity contribution in [1.29, 1.82) is 0 Å². The molecule has 2 heterocycles. The fourth-order valence-electron chi connectivity index (χ4n) is 2.11. The smallest absolute Gasteiger partial charge is 0.348 e. The van der Waals surface area contributed by atoms with Crippen molar-refractivity contribution in [2.75, 3.05) is 0 Å². The van der Waals surface area contributed by atoms with E-state index < -0.39 is 0 Å². The Morgan fingerprint density at radius 3 is 3.18 bits per heavy atom. The normalized spacial score (nSPS) is 24.3. The number of fused-ring (bicyclic) bond motifs is 1. The van der Waals surface area contributed by atoms with Crippen LogP contribution in [0, 0.1) is 0 Å². The summed E-state index contributed by atoms with van der Waals surface area (Å²) in [6.45, 7) is 0. The Kier molecular flexibility index (Phi) is 2.32. The highest BCUT2D eigenvalue weighted by Crippen LogP contribution is 2.22. The molecule has 1 aliphatic rings. The number of nitrogens with two attached hydrogens (primary N) is 1. The van der Waals surface area contributed by atoms with Gasteiger partial charge in [0.25, 0.3) is 0 Å². The number of rotatable bonds is 2. The summed E-state index contributed by atoms with van der Waals surface area (Å²) in [6.07, 6.45) is 4.30. The third kappa shape index (κ3) is 1.89. The van der Waals surface area contributed by atoms with Gasteiger partial charge in [0.15, 0.2) is 5.65 Å². The van der Waals surface area contributed by atoms with Gasteiger partial charge in [-0.05, 0) is 19.3 Å². The lowest BCUT2D eigenvalue weighted by Crippen LogP contribution is -2.19. The zero-order valence-corrected chi connectivity index (χ0v) is 9.17. The summed E-state index contributed by atoms with van der Waals surface area (Å²) in [4.78, 5) is 15.3. The van der Waals surface area contributed by atoms with Gasteiger partial charge >= 0.3 is 5.69 Å². The number of ether oxygens (including phenoxy) is 1. The number of aromatic nitrogens is 4. The second-order valence-electron chi connectivity index (χ2n) is 4.30. The first-order valence-corrected chi connectivity index (χ1v) is 5.57. The molecule has 0 radical (unpaired) electrons. The maximum Gasteiger partial charge on any atom is 0.348 e. The van der Waals surface area contributed by atoms with E-state index in [2.05, 4.69) is 15.2 Å². The first-order valence-electron chi connectivity index (χ1n) is 5.57. The van der Waals surface area contributed by atoms with E-state index in [9.17, 15) is 4.79 Å². The molecule has 0 aliphatic heterocycles. The molecule has 0 saturated heterocycles. The van der Waals surface area contributed by atoms with Gasteiger partial charge < -0.3 is 10.5 Å². The molecule has 17 heavy (non-hydrogen) atoms. The molecule has 3 rings (SSSR count). The highest BCUT2D eigenvalue weighted by atomic mass is 16.5. The van der Waals surface area contributed by atoms with E-state index in [1.165, 1.54) is 10.7 Å². The monoisotopic (exact) mass is 235 g/mol. The molecule has 2 aromatic rings. The van der Waals surface area contributed by atoms with Crippen molar-refractivity contribution in [3.63, 3.8) is 0 Å². The van der Waals surface area contributed by atoms with Gasteiger partial charge in [0, 0.05) is 12.1 Å². The predicted octanol–water partition coefficient (Wildman–Crippen LogP) is -0.324. The Balaban J connectivity index is 1.83. The van der Waals surface area contributed by atoms with Crippen molar-refractivity contribution in [2.24, 2.45) is 5.73 Å². The molecule has 7 heteroatoms. The number of hydrogen-bond acceptors (Lipinski definition) is 5. The lowest BCUT2D eigenvalue weighted by molar-refractivity contribution is 0.199. The number of nitrogens with zero attached hydrogens (tertiary/aromatic N) is 3. The van der Waals surface area contributed by atoms with Crippen molar-refractivity contribution >= 4 is 5.65 Å². The minimum absolute atomic E-state index is 0.116. The molecule has 90 valence electrons. The molecule has 2 aromatic heterocycles. The van der Waals surface area contributed by atoms with Gasteiger partial charge in [-0.15, -0.1) is 0 Å². The number of nitrogens with one attached hydrogen (secondary N) is 1. The van der Waals surface area contributed by atoms with Crippen LogP contribution >= 0.6 is 0 Å². The Morgan fingerprint density at radius 2 is 2.41 bits per heavy atom. The molecule has 0 amide bonds. The van der Waals surface area contributed by atoms with Crippen LogP contribution in [0.15, 0.2) is 17.2 Å². The van der Waals surface area contributed by atoms with Gasteiger partial charge in [-0.3, -0.25) is 0 Å². The van der Waals surface area contributed by atoms with Crippen LogP contribution < -0.4 is 16.2 Å². The molecule has 0 spiro atoms. The standard InChI is InChI=1S/C10H13N5O2/c11-6-1-2-7(3-6)17-9-4-8-13-14-10(16)15(8)5-12-9/h4-7H,1-3,11H2,(H,14,16). The predicted molar refractivity (Wildman–Crippen MR) is 59.9 cm³/mol. The topological polar surface area (TPSA) is 98.3 Å². The zero-order chi connectivity index (χ0) is 11.8. The number of aromatic amines is 1.